The number of hydrogen-bond donors (Lipinski definition) is 1. The van der Waals surface area contributed by atoms with Crippen LogP contribution in [0.3, 0.4) is 0 Å². The van der Waals surface area contributed by atoms with Crippen LogP contribution in [0.15, 0.2) is 60.7 Å². The quantitative estimate of drug-likeness (QED) is 0.163. The second kappa shape index (κ2) is 18.1. The highest BCUT2D eigenvalue weighted by molar-refractivity contribution is 8.15. The molecule has 45 heavy (non-hydrogen) atoms. The molecule has 3 rings (SSSR count). The van der Waals surface area contributed by atoms with Crippen LogP contribution >= 0.6 is 23.5 Å². The van der Waals surface area contributed by atoms with Crippen LogP contribution in [0.1, 0.15) is 66.7 Å². The molecule has 1 N–H and O–H groups in total. The van der Waals surface area contributed by atoms with Gasteiger partial charge in [0.25, 0.3) is 0 Å². The number of rotatable bonds is 13. The van der Waals surface area contributed by atoms with Crippen molar-refractivity contribution in [2.24, 2.45) is 0 Å². The van der Waals surface area contributed by atoms with Crippen molar-refractivity contribution < 1.29 is 52.5 Å². The van der Waals surface area contributed by atoms with E-state index in [-0.39, 0.29) is 23.0 Å². The molecule has 2 aromatic rings. The number of hydrogen-bond acceptors (Lipinski definition) is 13. The monoisotopic (exact) mass is 661 g/mol. The molecule has 0 unspecified atom stereocenters. The van der Waals surface area contributed by atoms with Crippen LogP contribution < -0.4 is 5.32 Å². The van der Waals surface area contributed by atoms with Crippen LogP contribution in [0.25, 0.3) is 0 Å². The Morgan fingerprint density at radius 2 is 1.27 bits per heavy atom. The average molecular weight is 662 g/mol. The van der Waals surface area contributed by atoms with Gasteiger partial charge in [0.15, 0.2) is 0 Å². The van der Waals surface area contributed by atoms with Gasteiger partial charge in [0.2, 0.25) is 19.5 Å². The fourth-order valence-electron chi connectivity index (χ4n) is 3.98. The molecule has 0 aliphatic heterocycles. The van der Waals surface area contributed by atoms with Crippen molar-refractivity contribution >= 4 is 57.9 Å². The van der Waals surface area contributed by atoms with Crippen molar-refractivity contribution in [3.05, 3.63) is 71.8 Å². The highest BCUT2D eigenvalue weighted by Gasteiger charge is 2.36. The molecule has 1 amide bonds. The first-order valence-corrected chi connectivity index (χ1v) is 16.0. The molecule has 12 nitrogen and oxygen atoms in total. The number of carbonyl (C=O) groups is 6. The molecule has 14 heteroatoms. The van der Waals surface area contributed by atoms with E-state index in [4.69, 9.17) is 23.7 Å². The Morgan fingerprint density at radius 3 is 1.80 bits per heavy atom. The largest absolute Gasteiger partial charge is 0.461 e. The summed E-state index contributed by atoms with van der Waals surface area (Å²) in [6.07, 6.45) is 3.93. The maximum Gasteiger partial charge on any atom is 0.371 e. The zero-order valence-electron chi connectivity index (χ0n) is 24.9. The summed E-state index contributed by atoms with van der Waals surface area (Å²) in [5.74, 6) is -3.05. The standard InChI is InChI=1S/C31H35NO11S2/c1-31(2,45-30(38)42-20-40-26(34)22-14-8-4-9-15-22)28(36)32-24(27(35)43-23-16-10-5-11-17-23)18-44-29(37)41-19-39-25(33)21-12-6-3-7-13-21/h3-4,6-9,12-15,23-24H,5,10-11,16-20H2,1-2H3,(H,32,36)/t24-/m0/s1. The highest BCUT2D eigenvalue weighted by Crippen LogP contribution is 2.27. The van der Waals surface area contributed by atoms with Gasteiger partial charge in [-0.15, -0.1) is 0 Å². The van der Waals surface area contributed by atoms with Crippen LogP contribution in [0.4, 0.5) is 9.59 Å². The van der Waals surface area contributed by atoms with Gasteiger partial charge in [-0.3, -0.25) is 4.79 Å². The molecule has 1 aliphatic carbocycles. The zero-order chi connectivity index (χ0) is 32.7. The number of amides is 1. The Balaban J connectivity index is 1.51. The van der Waals surface area contributed by atoms with Crippen LogP contribution in [0.5, 0.6) is 0 Å². The highest BCUT2D eigenvalue weighted by atomic mass is 32.2. The van der Waals surface area contributed by atoms with Crippen molar-refractivity contribution in [3.8, 4) is 0 Å². The summed E-state index contributed by atoms with van der Waals surface area (Å²) >= 11 is 1.11. The number of ether oxygens (including phenoxy) is 5. The summed E-state index contributed by atoms with van der Waals surface area (Å²) in [5, 5.41) is 0.824. The summed E-state index contributed by atoms with van der Waals surface area (Å²) < 4.78 is 23.9. The molecule has 0 radical (unpaired) electrons. The Morgan fingerprint density at radius 1 is 0.756 bits per heavy atom. The van der Waals surface area contributed by atoms with Gasteiger partial charge in [-0.1, -0.05) is 42.8 Å². The SMILES string of the molecule is CC(C)(SC(=O)OCOC(=O)c1ccccc1)C(=O)N[C@@H](CSC(=O)OCOC(=O)c1ccccc1)C(=O)OC1CCCCC1. The molecule has 1 atom stereocenters. The van der Waals surface area contributed by atoms with Crippen LogP contribution in [-0.4, -0.2) is 70.6 Å². The van der Waals surface area contributed by atoms with Crippen LogP contribution in [-0.2, 0) is 33.3 Å². The van der Waals surface area contributed by atoms with Crippen molar-refractivity contribution in [3.63, 3.8) is 0 Å². The topological polar surface area (TPSA) is 161 Å². The molecule has 1 aliphatic rings. The third-order valence-electron chi connectivity index (χ3n) is 6.43. The summed E-state index contributed by atoms with van der Waals surface area (Å²) in [6, 6.07) is 15.0. The van der Waals surface area contributed by atoms with Crippen molar-refractivity contribution in [1.29, 1.82) is 0 Å². The zero-order valence-corrected chi connectivity index (χ0v) is 26.5. The molecule has 0 aromatic heterocycles. The van der Waals surface area contributed by atoms with Gasteiger partial charge in [0.05, 0.1) is 15.9 Å². The second-order valence-electron chi connectivity index (χ2n) is 10.3. The predicted molar refractivity (Wildman–Crippen MR) is 165 cm³/mol. The van der Waals surface area contributed by atoms with Gasteiger partial charge in [-0.25, -0.2) is 24.0 Å². The first-order valence-electron chi connectivity index (χ1n) is 14.2. The van der Waals surface area contributed by atoms with Crippen molar-refractivity contribution in [2.45, 2.75) is 62.8 Å². The van der Waals surface area contributed by atoms with Gasteiger partial charge < -0.3 is 29.0 Å². The number of nitrogens with one attached hydrogen (secondary N) is 1. The van der Waals surface area contributed by atoms with E-state index >= 15 is 0 Å². The van der Waals surface area contributed by atoms with Crippen LogP contribution in [0.2, 0.25) is 0 Å². The lowest BCUT2D eigenvalue weighted by Gasteiger charge is -2.27. The summed E-state index contributed by atoms with van der Waals surface area (Å²) in [4.78, 5) is 75.0. The number of esters is 3. The van der Waals surface area contributed by atoms with Gasteiger partial charge in [0, 0.05) is 5.75 Å². The first kappa shape index (κ1) is 35.4. The fraction of sp³-hybridized carbons (Fsp3) is 0.419. The minimum atomic E-state index is -1.43. The molecule has 2 aromatic carbocycles. The van der Waals surface area contributed by atoms with E-state index in [9.17, 15) is 28.8 Å². The smallest absolute Gasteiger partial charge is 0.371 e. The fourth-order valence-corrected chi connectivity index (χ4v) is 5.31. The van der Waals surface area contributed by atoms with E-state index < -0.39 is 58.8 Å². The van der Waals surface area contributed by atoms with Gasteiger partial charge >= 0.3 is 28.5 Å². The van der Waals surface area contributed by atoms with E-state index in [0.29, 0.717) is 36.4 Å². The van der Waals surface area contributed by atoms with Gasteiger partial charge in [0.1, 0.15) is 12.1 Å². The molecule has 242 valence electrons. The lowest BCUT2D eigenvalue weighted by atomic mass is 9.98. The van der Waals surface area contributed by atoms with Crippen LogP contribution in [0, 0.1) is 0 Å². The Hall–Kier alpha value is -4.04. The maximum absolute atomic E-state index is 13.2. The maximum atomic E-state index is 13.2. The number of carbonyl (C=O) groups excluding carboxylic acids is 6. The number of thioether (sulfide) groups is 2. The van der Waals surface area contributed by atoms with Gasteiger partial charge in [-0.2, -0.15) is 0 Å². The molecular weight excluding hydrogens is 626 g/mol. The third kappa shape index (κ3) is 12.5. The third-order valence-corrected chi connectivity index (χ3v) is 8.26. The lowest BCUT2D eigenvalue weighted by molar-refractivity contribution is -0.153. The molecule has 0 saturated heterocycles. The van der Waals surface area contributed by atoms with E-state index in [2.05, 4.69) is 5.32 Å². The molecule has 0 heterocycles. The van der Waals surface area contributed by atoms with E-state index in [0.717, 1.165) is 19.3 Å². The Bertz CT molecular complexity index is 1320. The minimum Gasteiger partial charge on any atom is -0.461 e. The summed E-state index contributed by atoms with van der Waals surface area (Å²) in [6.45, 7) is 1.58. The molecule has 0 bridgehead atoms. The molecular formula is C31H35NO11S2. The first-order chi connectivity index (χ1) is 21.5. The molecule has 1 saturated carbocycles. The van der Waals surface area contributed by atoms with E-state index in [1.807, 2.05) is 0 Å². The Labute approximate surface area is 269 Å². The summed E-state index contributed by atoms with van der Waals surface area (Å²) in [5.41, 5.74) is 0.564. The van der Waals surface area contributed by atoms with Crippen molar-refractivity contribution in [1.82, 2.24) is 5.32 Å². The molecule has 1 fully saturated rings. The average Bonchev–Trinajstić information content (AvgIpc) is 3.03. The van der Waals surface area contributed by atoms with E-state index in [1.165, 1.54) is 13.8 Å². The normalized spacial score (nSPS) is 13.9. The van der Waals surface area contributed by atoms with Crippen molar-refractivity contribution in [2.75, 3.05) is 19.3 Å². The predicted octanol–water partition coefficient (Wildman–Crippen LogP) is 5.49. The van der Waals surface area contributed by atoms with Gasteiger partial charge in [-0.05, 0) is 87.3 Å². The minimum absolute atomic E-state index is 0.247. The van der Waals surface area contributed by atoms with E-state index in [1.54, 1.807) is 60.7 Å². The second-order valence-corrected chi connectivity index (χ2v) is 12.8. The molecule has 0 spiro atoms. The Kier molecular flexibility index (Phi) is 14.2. The number of benzene rings is 2. The summed E-state index contributed by atoms with van der Waals surface area (Å²) in [7, 11) is 0. The lowest BCUT2D eigenvalue weighted by Crippen LogP contribution is -2.51.